The van der Waals surface area contributed by atoms with Gasteiger partial charge in [0.15, 0.2) is 0 Å². The Balaban J connectivity index is 1.63. The van der Waals surface area contributed by atoms with Crippen LogP contribution in [0.25, 0.3) is 5.82 Å². The fourth-order valence-corrected chi connectivity index (χ4v) is 3.55. The summed E-state index contributed by atoms with van der Waals surface area (Å²) >= 11 is 0. The van der Waals surface area contributed by atoms with Gasteiger partial charge in [-0.1, -0.05) is 6.07 Å². The van der Waals surface area contributed by atoms with Gasteiger partial charge in [-0.2, -0.15) is 0 Å². The van der Waals surface area contributed by atoms with Crippen molar-refractivity contribution in [1.29, 1.82) is 0 Å². The first-order chi connectivity index (χ1) is 11.4. The Hall–Kier alpha value is -2.26. The molecule has 2 aromatic heterocycles. The normalized spacial score (nSPS) is 16.9. The molecule has 0 spiro atoms. The summed E-state index contributed by atoms with van der Waals surface area (Å²) in [5, 5.41) is 2.93. The van der Waals surface area contributed by atoms with Crippen molar-refractivity contribution in [3.05, 3.63) is 42.6 Å². The number of sulfonamides is 1. The summed E-state index contributed by atoms with van der Waals surface area (Å²) in [5.41, 5.74) is 0.326. The minimum atomic E-state index is -3.16. The number of hydrogen-bond acceptors (Lipinski definition) is 5. The Morgan fingerprint density at radius 2 is 2.04 bits per heavy atom. The molecule has 9 heteroatoms. The van der Waals surface area contributed by atoms with Crippen LogP contribution in [0.2, 0.25) is 0 Å². The van der Waals surface area contributed by atoms with Crippen LogP contribution in [0.4, 0.5) is 0 Å². The van der Waals surface area contributed by atoms with E-state index in [-0.39, 0.29) is 11.9 Å². The quantitative estimate of drug-likeness (QED) is 0.863. The molecule has 0 saturated carbocycles. The number of aromatic nitrogens is 3. The van der Waals surface area contributed by atoms with E-state index in [1.54, 1.807) is 41.5 Å². The Kier molecular flexibility index (Phi) is 4.63. The Bertz CT molecular complexity index is 811. The van der Waals surface area contributed by atoms with Gasteiger partial charge in [0.2, 0.25) is 10.0 Å². The van der Waals surface area contributed by atoms with Crippen LogP contribution < -0.4 is 5.32 Å². The van der Waals surface area contributed by atoms with Gasteiger partial charge < -0.3 is 5.32 Å². The number of carbonyl (C=O) groups excluding carboxylic acids is 1. The van der Waals surface area contributed by atoms with Crippen LogP contribution in [-0.2, 0) is 10.0 Å². The van der Waals surface area contributed by atoms with Gasteiger partial charge in [-0.3, -0.25) is 9.36 Å². The summed E-state index contributed by atoms with van der Waals surface area (Å²) in [6, 6.07) is 5.17. The van der Waals surface area contributed by atoms with Gasteiger partial charge in [-0.25, -0.2) is 22.7 Å². The number of nitrogens with zero attached hydrogens (tertiary/aromatic N) is 4. The maximum absolute atomic E-state index is 12.4. The predicted molar refractivity (Wildman–Crippen MR) is 88.3 cm³/mol. The molecule has 0 aliphatic carbocycles. The SMILES string of the molecule is CS(=O)(=O)N1CCC(NC(=O)c2cccc(-n3ccnc3)n2)CC1. The number of rotatable bonds is 4. The summed E-state index contributed by atoms with van der Waals surface area (Å²) in [4.78, 5) is 20.7. The molecule has 128 valence electrons. The van der Waals surface area contributed by atoms with Crippen LogP contribution in [0.3, 0.4) is 0 Å². The highest BCUT2D eigenvalue weighted by Crippen LogP contribution is 2.14. The van der Waals surface area contributed by atoms with Crippen molar-refractivity contribution in [1.82, 2.24) is 24.2 Å². The average Bonchev–Trinajstić information content (AvgIpc) is 3.09. The van der Waals surface area contributed by atoms with Gasteiger partial charge in [-0.05, 0) is 25.0 Å². The van der Waals surface area contributed by atoms with E-state index in [2.05, 4.69) is 15.3 Å². The molecule has 0 unspecified atom stereocenters. The van der Waals surface area contributed by atoms with Gasteiger partial charge >= 0.3 is 0 Å². The molecule has 24 heavy (non-hydrogen) atoms. The third-order valence-corrected chi connectivity index (χ3v) is 5.30. The van der Waals surface area contributed by atoms with Crippen molar-refractivity contribution in [2.45, 2.75) is 18.9 Å². The molecular weight excluding hydrogens is 330 g/mol. The number of nitrogens with one attached hydrogen (secondary N) is 1. The molecule has 0 aromatic carbocycles. The van der Waals surface area contributed by atoms with E-state index in [0.717, 1.165) is 0 Å². The number of piperidine rings is 1. The van der Waals surface area contributed by atoms with Gasteiger partial charge in [0.1, 0.15) is 17.8 Å². The standard InChI is InChI=1S/C15H19N5O3S/c1-24(22,23)20-8-5-12(6-9-20)17-15(21)13-3-2-4-14(18-13)19-10-7-16-11-19/h2-4,7,10-12H,5-6,8-9H2,1H3,(H,17,21). The van der Waals surface area contributed by atoms with Crippen LogP contribution in [0, 0.1) is 0 Å². The highest BCUT2D eigenvalue weighted by Gasteiger charge is 2.26. The molecule has 1 saturated heterocycles. The van der Waals surface area contributed by atoms with E-state index in [0.29, 0.717) is 37.4 Å². The number of amides is 1. The van der Waals surface area contributed by atoms with Crippen molar-refractivity contribution in [3.63, 3.8) is 0 Å². The van der Waals surface area contributed by atoms with Crippen LogP contribution in [0.5, 0.6) is 0 Å². The van der Waals surface area contributed by atoms with Crippen LogP contribution in [-0.4, -0.2) is 58.6 Å². The molecule has 2 aromatic rings. The molecule has 0 bridgehead atoms. The summed E-state index contributed by atoms with van der Waals surface area (Å²) in [7, 11) is -3.16. The van der Waals surface area contributed by atoms with E-state index < -0.39 is 10.0 Å². The minimum absolute atomic E-state index is 0.0470. The molecule has 3 heterocycles. The topological polar surface area (TPSA) is 97.2 Å². The summed E-state index contributed by atoms with van der Waals surface area (Å²) in [6.07, 6.45) is 7.41. The lowest BCUT2D eigenvalue weighted by atomic mass is 10.1. The average molecular weight is 349 g/mol. The van der Waals surface area contributed by atoms with Crippen LogP contribution >= 0.6 is 0 Å². The minimum Gasteiger partial charge on any atom is -0.348 e. The number of pyridine rings is 1. The van der Waals surface area contributed by atoms with Crippen molar-refractivity contribution in [2.75, 3.05) is 19.3 Å². The van der Waals surface area contributed by atoms with Crippen molar-refractivity contribution in [2.24, 2.45) is 0 Å². The molecule has 8 nitrogen and oxygen atoms in total. The van der Waals surface area contributed by atoms with Gasteiger partial charge in [-0.15, -0.1) is 0 Å². The van der Waals surface area contributed by atoms with Crippen molar-refractivity contribution >= 4 is 15.9 Å². The maximum Gasteiger partial charge on any atom is 0.270 e. The van der Waals surface area contributed by atoms with Crippen LogP contribution in [0.1, 0.15) is 23.3 Å². The van der Waals surface area contributed by atoms with E-state index in [1.165, 1.54) is 10.6 Å². The fourth-order valence-electron chi connectivity index (χ4n) is 2.68. The Morgan fingerprint density at radius 1 is 1.29 bits per heavy atom. The molecule has 1 aliphatic heterocycles. The van der Waals surface area contributed by atoms with E-state index in [9.17, 15) is 13.2 Å². The molecule has 1 fully saturated rings. The molecule has 3 rings (SSSR count). The van der Waals surface area contributed by atoms with Crippen molar-refractivity contribution < 1.29 is 13.2 Å². The monoisotopic (exact) mass is 349 g/mol. The molecule has 0 atom stereocenters. The Morgan fingerprint density at radius 3 is 2.67 bits per heavy atom. The summed E-state index contributed by atoms with van der Waals surface area (Å²) < 4.78 is 26.2. The fraction of sp³-hybridized carbons (Fsp3) is 0.400. The molecular formula is C15H19N5O3S. The van der Waals surface area contributed by atoms with Crippen LogP contribution in [0.15, 0.2) is 36.9 Å². The number of carbonyl (C=O) groups is 1. The molecule has 1 N–H and O–H groups in total. The lowest BCUT2D eigenvalue weighted by Gasteiger charge is -2.30. The Labute approximate surface area is 140 Å². The van der Waals surface area contributed by atoms with Gasteiger partial charge in [0.05, 0.1) is 6.26 Å². The summed E-state index contributed by atoms with van der Waals surface area (Å²) in [5.74, 6) is 0.363. The highest BCUT2D eigenvalue weighted by atomic mass is 32.2. The second-order valence-corrected chi connectivity index (χ2v) is 7.74. The zero-order valence-corrected chi connectivity index (χ0v) is 14.1. The zero-order valence-electron chi connectivity index (χ0n) is 13.3. The van der Waals surface area contributed by atoms with E-state index in [4.69, 9.17) is 0 Å². The third kappa shape index (κ3) is 3.80. The summed E-state index contributed by atoms with van der Waals surface area (Å²) in [6.45, 7) is 0.846. The lowest BCUT2D eigenvalue weighted by molar-refractivity contribution is 0.0919. The smallest absolute Gasteiger partial charge is 0.270 e. The lowest BCUT2D eigenvalue weighted by Crippen LogP contribution is -2.46. The van der Waals surface area contributed by atoms with E-state index in [1.807, 2.05) is 0 Å². The number of imidazole rings is 1. The highest BCUT2D eigenvalue weighted by molar-refractivity contribution is 7.88. The van der Waals surface area contributed by atoms with E-state index >= 15 is 0 Å². The first-order valence-electron chi connectivity index (χ1n) is 7.65. The molecule has 1 amide bonds. The third-order valence-electron chi connectivity index (χ3n) is 3.99. The second kappa shape index (κ2) is 6.70. The zero-order chi connectivity index (χ0) is 17.2. The first kappa shape index (κ1) is 16.6. The van der Waals surface area contributed by atoms with Gasteiger partial charge in [0.25, 0.3) is 5.91 Å². The molecule has 1 aliphatic rings. The molecule has 0 radical (unpaired) electrons. The van der Waals surface area contributed by atoms with Gasteiger partial charge in [0, 0.05) is 31.5 Å². The van der Waals surface area contributed by atoms with Crippen molar-refractivity contribution in [3.8, 4) is 5.82 Å². The first-order valence-corrected chi connectivity index (χ1v) is 9.50. The largest absolute Gasteiger partial charge is 0.348 e. The maximum atomic E-state index is 12.4. The predicted octanol–water partition coefficient (Wildman–Crippen LogP) is 0.421. The second-order valence-electron chi connectivity index (χ2n) is 5.76. The number of hydrogen-bond donors (Lipinski definition) is 1.